The highest BCUT2D eigenvalue weighted by molar-refractivity contribution is 5.92. The van der Waals surface area contributed by atoms with Gasteiger partial charge in [0.15, 0.2) is 5.82 Å². The van der Waals surface area contributed by atoms with Crippen LogP contribution in [0.15, 0.2) is 54.7 Å². The molecule has 1 aromatic heterocycles. The third-order valence-electron chi connectivity index (χ3n) is 4.68. The molecular formula is C20H20F3N5O2. The van der Waals surface area contributed by atoms with Gasteiger partial charge in [-0.15, -0.1) is 5.10 Å². The van der Waals surface area contributed by atoms with Crippen LogP contribution in [0.5, 0.6) is 0 Å². The van der Waals surface area contributed by atoms with Gasteiger partial charge in [-0.05, 0) is 30.3 Å². The lowest BCUT2D eigenvalue weighted by Gasteiger charge is -2.37. The molecule has 3 aromatic rings. The van der Waals surface area contributed by atoms with Gasteiger partial charge in [-0.2, -0.15) is 18.3 Å². The van der Waals surface area contributed by atoms with Crippen LogP contribution in [0.4, 0.5) is 30.4 Å². The molecule has 0 radical (unpaired) electrons. The Kier molecular flexibility index (Phi) is 6.24. The Morgan fingerprint density at radius 2 is 1.53 bits per heavy atom. The number of piperazine rings is 1. The fourth-order valence-electron chi connectivity index (χ4n) is 3.16. The maximum absolute atomic E-state index is 10.6. The van der Waals surface area contributed by atoms with Crippen LogP contribution in [0.25, 0.3) is 10.8 Å². The van der Waals surface area contributed by atoms with Crippen LogP contribution in [0.3, 0.4) is 0 Å². The summed E-state index contributed by atoms with van der Waals surface area (Å²) in [5, 5.41) is 17.0. The largest absolute Gasteiger partial charge is 0.490 e. The second-order valence-corrected chi connectivity index (χ2v) is 6.61. The number of alkyl halides is 3. The first-order valence-electron chi connectivity index (χ1n) is 9.11. The van der Waals surface area contributed by atoms with Crippen LogP contribution in [0, 0.1) is 0 Å². The molecule has 1 fully saturated rings. The van der Waals surface area contributed by atoms with Gasteiger partial charge in [0.1, 0.15) is 0 Å². The van der Waals surface area contributed by atoms with Crippen LogP contribution in [0.1, 0.15) is 0 Å². The third kappa shape index (κ3) is 5.07. The van der Waals surface area contributed by atoms with Crippen molar-refractivity contribution in [2.75, 3.05) is 41.7 Å². The first-order valence-corrected chi connectivity index (χ1v) is 9.11. The molecule has 0 spiro atoms. The number of hydrogen-bond donors (Lipinski definition) is 2. The summed E-state index contributed by atoms with van der Waals surface area (Å²) in [7, 11) is 0. The van der Waals surface area contributed by atoms with Crippen LogP contribution in [-0.2, 0) is 4.79 Å². The topological polar surface area (TPSA) is 95.6 Å². The van der Waals surface area contributed by atoms with E-state index in [1.54, 1.807) is 6.20 Å². The van der Waals surface area contributed by atoms with Crippen LogP contribution >= 0.6 is 0 Å². The smallest absolute Gasteiger partial charge is 0.475 e. The van der Waals surface area contributed by atoms with Gasteiger partial charge >= 0.3 is 12.1 Å². The number of benzene rings is 2. The summed E-state index contributed by atoms with van der Waals surface area (Å²) < 4.78 is 31.7. The Balaban J connectivity index is 0.000000318. The molecule has 3 N–H and O–H groups in total. The summed E-state index contributed by atoms with van der Waals surface area (Å²) in [5.74, 6) is -2.27. The maximum Gasteiger partial charge on any atom is 0.490 e. The fourth-order valence-corrected chi connectivity index (χ4v) is 3.16. The van der Waals surface area contributed by atoms with Crippen molar-refractivity contribution in [3.05, 3.63) is 54.7 Å². The summed E-state index contributed by atoms with van der Waals surface area (Å²) in [6, 6.07) is 16.9. The lowest BCUT2D eigenvalue weighted by molar-refractivity contribution is -0.192. The number of halogens is 3. The first-order chi connectivity index (χ1) is 14.3. The van der Waals surface area contributed by atoms with E-state index in [0.29, 0.717) is 5.82 Å². The highest BCUT2D eigenvalue weighted by atomic mass is 19.4. The molecule has 4 rings (SSSR count). The zero-order valence-corrected chi connectivity index (χ0v) is 15.9. The summed E-state index contributed by atoms with van der Waals surface area (Å²) in [6.45, 7) is 4.07. The molecule has 30 heavy (non-hydrogen) atoms. The predicted molar refractivity (Wildman–Crippen MR) is 109 cm³/mol. The van der Waals surface area contributed by atoms with E-state index in [2.05, 4.69) is 62.5 Å². The molecule has 0 unspecified atom stereocenters. The molecule has 1 aliphatic heterocycles. The van der Waals surface area contributed by atoms with E-state index in [1.165, 1.54) is 11.4 Å². The molecular weight excluding hydrogens is 399 g/mol. The summed E-state index contributed by atoms with van der Waals surface area (Å²) in [4.78, 5) is 13.7. The third-order valence-corrected chi connectivity index (χ3v) is 4.68. The lowest BCUT2D eigenvalue weighted by Crippen LogP contribution is -2.46. The number of hydrogen-bond acceptors (Lipinski definition) is 6. The van der Waals surface area contributed by atoms with Crippen molar-refractivity contribution in [3.8, 4) is 0 Å². The van der Waals surface area contributed by atoms with E-state index in [4.69, 9.17) is 15.6 Å². The monoisotopic (exact) mass is 419 g/mol. The van der Waals surface area contributed by atoms with Gasteiger partial charge in [0.25, 0.3) is 0 Å². The number of nitrogens with zero attached hydrogens (tertiary/aromatic N) is 4. The van der Waals surface area contributed by atoms with E-state index in [9.17, 15) is 13.2 Å². The molecule has 10 heteroatoms. The predicted octanol–water partition coefficient (Wildman–Crippen LogP) is 3.17. The maximum atomic E-state index is 10.6. The van der Waals surface area contributed by atoms with Crippen LogP contribution in [0.2, 0.25) is 0 Å². The van der Waals surface area contributed by atoms with Crippen molar-refractivity contribution < 1.29 is 23.1 Å². The summed E-state index contributed by atoms with van der Waals surface area (Å²) in [5.41, 5.74) is 8.39. The van der Waals surface area contributed by atoms with Gasteiger partial charge in [0.2, 0.25) is 0 Å². The molecule has 0 atom stereocenters. The molecule has 0 bridgehead atoms. The van der Waals surface area contributed by atoms with Gasteiger partial charge in [0.05, 0.1) is 6.20 Å². The number of aromatic nitrogens is 2. The number of fused-ring (bicyclic) bond motifs is 1. The van der Waals surface area contributed by atoms with Crippen molar-refractivity contribution in [2.24, 2.45) is 0 Å². The highest BCUT2D eigenvalue weighted by Gasteiger charge is 2.38. The molecule has 0 saturated carbocycles. The lowest BCUT2D eigenvalue weighted by atomic mass is 10.1. The van der Waals surface area contributed by atoms with E-state index >= 15 is 0 Å². The minimum atomic E-state index is -5.08. The summed E-state index contributed by atoms with van der Waals surface area (Å²) >= 11 is 0. The van der Waals surface area contributed by atoms with Crippen molar-refractivity contribution in [1.82, 2.24) is 10.2 Å². The number of nitrogen functional groups attached to an aromatic ring is 1. The van der Waals surface area contributed by atoms with E-state index < -0.39 is 12.1 Å². The van der Waals surface area contributed by atoms with Gasteiger partial charge < -0.3 is 20.6 Å². The number of nitrogens with two attached hydrogens (primary N) is 1. The Hall–Kier alpha value is -3.56. The normalized spacial score (nSPS) is 14.2. The fraction of sp³-hybridized carbons (Fsp3) is 0.250. The molecule has 0 aliphatic carbocycles. The van der Waals surface area contributed by atoms with E-state index in [0.717, 1.165) is 37.0 Å². The number of carboxylic acid groups (broad SMARTS) is 1. The van der Waals surface area contributed by atoms with Gasteiger partial charge in [-0.1, -0.05) is 18.2 Å². The number of carbonyl (C=O) groups is 1. The van der Waals surface area contributed by atoms with E-state index in [-0.39, 0.29) is 0 Å². The van der Waals surface area contributed by atoms with Crippen molar-refractivity contribution in [1.29, 1.82) is 0 Å². The van der Waals surface area contributed by atoms with Gasteiger partial charge in [-0.25, -0.2) is 4.79 Å². The van der Waals surface area contributed by atoms with Crippen molar-refractivity contribution >= 4 is 33.9 Å². The molecule has 0 amide bonds. The first kappa shape index (κ1) is 21.2. The Morgan fingerprint density at radius 1 is 0.967 bits per heavy atom. The molecule has 2 heterocycles. The molecule has 158 valence electrons. The number of para-hydroxylation sites is 1. The zero-order valence-electron chi connectivity index (χ0n) is 15.9. The van der Waals surface area contributed by atoms with Gasteiger partial charge in [-0.3, -0.25) is 0 Å². The van der Waals surface area contributed by atoms with Crippen molar-refractivity contribution in [3.63, 3.8) is 0 Å². The molecule has 2 aromatic carbocycles. The standard InChI is InChI=1S/C18H19N5.C2HF3O2/c19-18-17-7-6-16(12-14(17)13-20-21-18)23-10-8-22(9-11-23)15-4-2-1-3-5-15;3-2(4,5)1(6)7/h1-7,12-13H,8-11H2,(H2,19,21);(H,6,7). The quantitative estimate of drug-likeness (QED) is 0.659. The Bertz CT molecular complexity index is 1010. The molecule has 1 aliphatic rings. The van der Waals surface area contributed by atoms with Crippen LogP contribution < -0.4 is 15.5 Å². The minimum Gasteiger partial charge on any atom is -0.475 e. The number of carboxylic acids is 1. The zero-order chi connectivity index (χ0) is 21.7. The molecule has 1 saturated heterocycles. The number of anilines is 3. The number of rotatable bonds is 2. The second kappa shape index (κ2) is 8.85. The van der Waals surface area contributed by atoms with Gasteiger partial charge in [0, 0.05) is 48.3 Å². The minimum absolute atomic E-state index is 0.489. The van der Waals surface area contributed by atoms with E-state index in [1.807, 2.05) is 6.07 Å². The Labute approximate surface area is 170 Å². The SMILES string of the molecule is Nc1nncc2cc(N3CCN(c4ccccc4)CC3)ccc12.O=C(O)C(F)(F)F. The Morgan fingerprint density at radius 3 is 2.10 bits per heavy atom. The second-order valence-electron chi connectivity index (χ2n) is 6.61. The van der Waals surface area contributed by atoms with Crippen molar-refractivity contribution in [2.45, 2.75) is 6.18 Å². The average molecular weight is 419 g/mol. The molecule has 7 nitrogen and oxygen atoms in total. The van der Waals surface area contributed by atoms with Crippen LogP contribution in [-0.4, -0.2) is 53.6 Å². The highest BCUT2D eigenvalue weighted by Crippen LogP contribution is 2.26. The summed E-state index contributed by atoms with van der Waals surface area (Å²) in [6.07, 6.45) is -3.31. The average Bonchev–Trinajstić information content (AvgIpc) is 2.74. The number of aliphatic carboxylic acids is 1.